The van der Waals surface area contributed by atoms with Crippen LogP contribution in [0.15, 0.2) is 24.3 Å². The van der Waals surface area contributed by atoms with Crippen molar-refractivity contribution in [2.45, 2.75) is 34.1 Å². The van der Waals surface area contributed by atoms with Gasteiger partial charge in [0.25, 0.3) is 0 Å². The minimum absolute atomic E-state index is 0.0304. The van der Waals surface area contributed by atoms with Gasteiger partial charge in [0.1, 0.15) is 0 Å². The summed E-state index contributed by atoms with van der Waals surface area (Å²) >= 11 is 0. The van der Waals surface area contributed by atoms with Gasteiger partial charge in [-0.25, -0.2) is 0 Å². The van der Waals surface area contributed by atoms with E-state index >= 15 is 0 Å². The molecule has 3 heteroatoms. The zero-order valence-corrected chi connectivity index (χ0v) is 12.6. The molecule has 0 saturated heterocycles. The van der Waals surface area contributed by atoms with E-state index in [0.717, 1.165) is 12.1 Å². The van der Waals surface area contributed by atoms with E-state index in [0.29, 0.717) is 19.5 Å². The van der Waals surface area contributed by atoms with Gasteiger partial charge in [-0.2, -0.15) is 0 Å². The molecule has 0 aliphatic carbocycles. The Kier molecular flexibility index (Phi) is 5.55. The molecule has 0 aromatic heterocycles. The molecule has 0 heterocycles. The van der Waals surface area contributed by atoms with Gasteiger partial charge in [0, 0.05) is 13.1 Å². The van der Waals surface area contributed by atoms with E-state index in [1.54, 1.807) is 0 Å². The smallest absolute Gasteiger partial charge is 0.227 e. The number of aryl methyl sites for hydroxylation is 1. The van der Waals surface area contributed by atoms with Crippen LogP contribution in [-0.2, 0) is 11.2 Å². The molecule has 0 radical (unpaired) electrons. The van der Waals surface area contributed by atoms with Crippen LogP contribution in [0.2, 0.25) is 0 Å². The average molecular weight is 262 g/mol. The number of nitrogens with zero attached hydrogens (tertiary/aromatic N) is 1. The zero-order valence-electron chi connectivity index (χ0n) is 12.6. The Hall–Kier alpha value is -1.35. The molecular weight excluding hydrogens is 236 g/mol. The molecule has 0 unspecified atom stereocenters. The van der Waals surface area contributed by atoms with E-state index in [9.17, 15) is 4.79 Å². The van der Waals surface area contributed by atoms with Crippen molar-refractivity contribution in [1.82, 2.24) is 4.90 Å². The van der Waals surface area contributed by atoms with E-state index in [-0.39, 0.29) is 11.3 Å². The number of nitrogens with two attached hydrogens (primary N) is 1. The van der Waals surface area contributed by atoms with Crippen LogP contribution in [0.3, 0.4) is 0 Å². The fourth-order valence-corrected chi connectivity index (χ4v) is 2.04. The Morgan fingerprint density at radius 2 is 1.95 bits per heavy atom. The van der Waals surface area contributed by atoms with Gasteiger partial charge >= 0.3 is 0 Å². The number of rotatable bonds is 6. The number of benzene rings is 1. The number of carbonyl (C=O) groups is 1. The number of likely N-dealkylation sites (N-methyl/N-ethyl adjacent to an activating group) is 1. The van der Waals surface area contributed by atoms with Crippen molar-refractivity contribution in [2.24, 2.45) is 11.1 Å². The third kappa shape index (κ3) is 4.67. The standard InChI is InChI=1S/C16H26N2O/c1-5-18(12-16(3,4)11-17)15(19)10-14-9-7-6-8-13(14)2/h6-9H,5,10-12,17H2,1-4H3. The first-order valence-corrected chi connectivity index (χ1v) is 6.92. The molecule has 1 amide bonds. The molecule has 0 aliphatic heterocycles. The normalized spacial score (nSPS) is 11.4. The first kappa shape index (κ1) is 15.7. The first-order valence-electron chi connectivity index (χ1n) is 6.92. The second-order valence-electron chi connectivity index (χ2n) is 5.88. The molecule has 0 fully saturated rings. The summed E-state index contributed by atoms with van der Waals surface area (Å²) in [5.41, 5.74) is 8.00. The topological polar surface area (TPSA) is 46.3 Å². The summed E-state index contributed by atoms with van der Waals surface area (Å²) in [5, 5.41) is 0. The third-order valence-electron chi connectivity index (χ3n) is 3.51. The van der Waals surface area contributed by atoms with E-state index in [1.807, 2.05) is 43.0 Å². The van der Waals surface area contributed by atoms with Crippen LogP contribution >= 0.6 is 0 Å². The SMILES string of the molecule is CCN(CC(C)(C)CN)C(=O)Cc1ccccc1C. The molecule has 1 aromatic rings. The lowest BCUT2D eigenvalue weighted by atomic mass is 9.92. The minimum Gasteiger partial charge on any atom is -0.342 e. The summed E-state index contributed by atoms with van der Waals surface area (Å²) in [7, 11) is 0. The Bertz CT molecular complexity index is 427. The van der Waals surface area contributed by atoms with Gasteiger partial charge in [-0.05, 0) is 36.9 Å². The third-order valence-corrected chi connectivity index (χ3v) is 3.51. The molecule has 0 bridgehead atoms. The fourth-order valence-electron chi connectivity index (χ4n) is 2.04. The molecule has 1 aromatic carbocycles. The molecule has 3 nitrogen and oxygen atoms in total. The predicted molar refractivity (Wildman–Crippen MR) is 80.0 cm³/mol. The highest BCUT2D eigenvalue weighted by atomic mass is 16.2. The summed E-state index contributed by atoms with van der Waals surface area (Å²) in [6.07, 6.45) is 0.473. The van der Waals surface area contributed by atoms with Crippen molar-refractivity contribution in [1.29, 1.82) is 0 Å². The quantitative estimate of drug-likeness (QED) is 0.855. The van der Waals surface area contributed by atoms with Gasteiger partial charge in [0.2, 0.25) is 5.91 Å². The Balaban J connectivity index is 2.72. The maximum Gasteiger partial charge on any atom is 0.227 e. The minimum atomic E-state index is -0.0304. The molecular formula is C16H26N2O. The molecule has 0 atom stereocenters. The van der Waals surface area contributed by atoms with Gasteiger partial charge in [0.05, 0.1) is 6.42 Å². The van der Waals surface area contributed by atoms with E-state index < -0.39 is 0 Å². The van der Waals surface area contributed by atoms with Crippen molar-refractivity contribution >= 4 is 5.91 Å². The van der Waals surface area contributed by atoms with Crippen LogP contribution < -0.4 is 5.73 Å². The maximum atomic E-state index is 12.4. The maximum absolute atomic E-state index is 12.4. The number of hydrogen-bond acceptors (Lipinski definition) is 2. The number of hydrogen-bond donors (Lipinski definition) is 1. The lowest BCUT2D eigenvalue weighted by Crippen LogP contribution is -2.42. The summed E-state index contributed by atoms with van der Waals surface area (Å²) in [4.78, 5) is 14.3. The zero-order chi connectivity index (χ0) is 14.5. The van der Waals surface area contributed by atoms with Crippen LogP contribution in [0.1, 0.15) is 31.9 Å². The van der Waals surface area contributed by atoms with Crippen molar-refractivity contribution in [3.05, 3.63) is 35.4 Å². The molecule has 2 N–H and O–H groups in total. The van der Waals surface area contributed by atoms with Crippen molar-refractivity contribution in [3.8, 4) is 0 Å². The lowest BCUT2D eigenvalue weighted by molar-refractivity contribution is -0.131. The van der Waals surface area contributed by atoms with Crippen LogP contribution in [0.5, 0.6) is 0 Å². The molecule has 0 aliphatic rings. The Morgan fingerprint density at radius 1 is 1.32 bits per heavy atom. The largest absolute Gasteiger partial charge is 0.342 e. The van der Waals surface area contributed by atoms with Crippen LogP contribution in [0.4, 0.5) is 0 Å². The first-order chi connectivity index (χ1) is 8.89. The van der Waals surface area contributed by atoms with Crippen molar-refractivity contribution in [3.63, 3.8) is 0 Å². The van der Waals surface area contributed by atoms with Gasteiger partial charge in [-0.1, -0.05) is 38.1 Å². The molecule has 0 spiro atoms. The molecule has 1 rings (SSSR count). The monoisotopic (exact) mass is 262 g/mol. The second-order valence-corrected chi connectivity index (χ2v) is 5.88. The van der Waals surface area contributed by atoms with Gasteiger partial charge < -0.3 is 10.6 Å². The fraction of sp³-hybridized carbons (Fsp3) is 0.562. The predicted octanol–water partition coefficient (Wildman–Crippen LogP) is 2.37. The summed E-state index contributed by atoms with van der Waals surface area (Å²) in [5.74, 6) is 0.179. The summed E-state index contributed by atoms with van der Waals surface area (Å²) in [6, 6.07) is 8.05. The Morgan fingerprint density at radius 3 is 2.47 bits per heavy atom. The van der Waals surface area contributed by atoms with E-state index in [2.05, 4.69) is 13.8 Å². The second kappa shape index (κ2) is 6.71. The van der Waals surface area contributed by atoms with Gasteiger partial charge in [0.15, 0.2) is 0 Å². The number of carbonyl (C=O) groups excluding carboxylic acids is 1. The van der Waals surface area contributed by atoms with E-state index in [1.165, 1.54) is 5.56 Å². The lowest BCUT2D eigenvalue weighted by Gasteiger charge is -2.31. The highest BCUT2D eigenvalue weighted by Crippen LogP contribution is 2.16. The van der Waals surface area contributed by atoms with Crippen LogP contribution in [-0.4, -0.2) is 30.4 Å². The van der Waals surface area contributed by atoms with Crippen LogP contribution in [0, 0.1) is 12.3 Å². The van der Waals surface area contributed by atoms with Crippen LogP contribution in [0.25, 0.3) is 0 Å². The van der Waals surface area contributed by atoms with Crippen molar-refractivity contribution < 1.29 is 4.79 Å². The number of amides is 1. The highest BCUT2D eigenvalue weighted by molar-refractivity contribution is 5.79. The molecule has 0 saturated carbocycles. The summed E-state index contributed by atoms with van der Waals surface area (Å²) < 4.78 is 0. The van der Waals surface area contributed by atoms with Gasteiger partial charge in [-0.3, -0.25) is 4.79 Å². The van der Waals surface area contributed by atoms with Gasteiger partial charge in [-0.15, -0.1) is 0 Å². The highest BCUT2D eigenvalue weighted by Gasteiger charge is 2.22. The summed E-state index contributed by atoms with van der Waals surface area (Å²) in [6.45, 7) is 10.3. The molecule has 106 valence electrons. The van der Waals surface area contributed by atoms with E-state index in [4.69, 9.17) is 5.73 Å². The van der Waals surface area contributed by atoms with Crippen molar-refractivity contribution in [2.75, 3.05) is 19.6 Å². The Labute approximate surface area is 116 Å². The molecule has 19 heavy (non-hydrogen) atoms. The average Bonchev–Trinajstić information content (AvgIpc) is 2.38.